The highest BCUT2D eigenvalue weighted by Gasteiger charge is 2.38. The number of nitrogens with two attached hydrogens (primary N) is 1. The van der Waals surface area contributed by atoms with Crippen LogP contribution in [-0.4, -0.2) is 31.3 Å². The molecule has 1 aromatic heterocycles. The van der Waals surface area contributed by atoms with Crippen LogP contribution in [0.5, 0.6) is 5.75 Å². The van der Waals surface area contributed by atoms with E-state index in [0.717, 1.165) is 17.0 Å². The lowest BCUT2D eigenvalue weighted by atomic mass is 10.1. The summed E-state index contributed by atoms with van der Waals surface area (Å²) in [5.74, 6) is 0.913. The van der Waals surface area contributed by atoms with Crippen LogP contribution in [0.2, 0.25) is 18.1 Å². The summed E-state index contributed by atoms with van der Waals surface area (Å²) < 4.78 is 13.5. The van der Waals surface area contributed by atoms with Crippen LogP contribution in [0.15, 0.2) is 30.5 Å². The van der Waals surface area contributed by atoms with E-state index in [1.165, 1.54) is 0 Å². The lowest BCUT2D eigenvalue weighted by Gasteiger charge is -2.36. The highest BCUT2D eigenvalue weighted by molar-refractivity contribution is 6.74. The van der Waals surface area contributed by atoms with Crippen LogP contribution >= 0.6 is 0 Å². The Bertz CT molecular complexity index is 713. The van der Waals surface area contributed by atoms with E-state index in [9.17, 15) is 0 Å². The quantitative estimate of drug-likeness (QED) is 0.848. The highest BCUT2D eigenvalue weighted by Crippen LogP contribution is 2.38. The van der Waals surface area contributed by atoms with Crippen molar-refractivity contribution in [2.75, 3.05) is 18.9 Å². The maximum absolute atomic E-state index is 6.32. The molecule has 3 rings (SSSR count). The number of benzene rings is 1. The first-order chi connectivity index (χ1) is 11.2. The summed E-state index contributed by atoms with van der Waals surface area (Å²) >= 11 is 0. The second-order valence-corrected chi connectivity index (χ2v) is 12.7. The van der Waals surface area contributed by atoms with Crippen LogP contribution in [0.3, 0.4) is 0 Å². The van der Waals surface area contributed by atoms with Gasteiger partial charge >= 0.3 is 0 Å². The molecule has 6 heteroatoms. The number of hydrogen-bond acceptors (Lipinski definition) is 4. The molecule has 1 fully saturated rings. The van der Waals surface area contributed by atoms with Gasteiger partial charge < -0.3 is 14.9 Å². The fourth-order valence-corrected chi connectivity index (χ4v) is 3.35. The molecule has 1 aromatic carbocycles. The first-order valence-electron chi connectivity index (χ1n) is 8.39. The number of anilines is 1. The molecule has 0 unspecified atom stereocenters. The second-order valence-electron chi connectivity index (χ2n) is 7.99. The summed E-state index contributed by atoms with van der Waals surface area (Å²) in [4.78, 5) is 0. The number of hydrogen-bond donors (Lipinski definition) is 1. The molecule has 24 heavy (non-hydrogen) atoms. The van der Waals surface area contributed by atoms with Gasteiger partial charge in [0.05, 0.1) is 24.9 Å². The Hall–Kier alpha value is -1.79. The Balaban J connectivity index is 1.79. The summed E-state index contributed by atoms with van der Waals surface area (Å²) in [6.07, 6.45) is 1.89. The summed E-state index contributed by atoms with van der Waals surface area (Å²) in [6, 6.07) is 8.40. The third-order valence-corrected chi connectivity index (χ3v) is 9.42. The van der Waals surface area contributed by atoms with Crippen molar-refractivity contribution in [3.05, 3.63) is 30.5 Å². The van der Waals surface area contributed by atoms with Gasteiger partial charge in [0, 0.05) is 11.8 Å². The normalized spacial score (nSPS) is 16.0. The van der Waals surface area contributed by atoms with Crippen molar-refractivity contribution < 1.29 is 9.16 Å². The second kappa shape index (κ2) is 5.93. The van der Waals surface area contributed by atoms with Crippen molar-refractivity contribution in [3.8, 4) is 17.0 Å². The van der Waals surface area contributed by atoms with E-state index in [1.54, 1.807) is 0 Å². The van der Waals surface area contributed by atoms with Gasteiger partial charge in [-0.2, -0.15) is 5.10 Å². The van der Waals surface area contributed by atoms with Crippen molar-refractivity contribution in [1.82, 2.24) is 9.78 Å². The summed E-state index contributed by atoms with van der Waals surface area (Å²) in [5.41, 5.74) is 8.66. The smallest absolute Gasteiger partial charge is 0.250 e. The van der Waals surface area contributed by atoms with E-state index in [0.29, 0.717) is 24.9 Å². The van der Waals surface area contributed by atoms with Crippen molar-refractivity contribution in [2.45, 2.75) is 44.9 Å². The van der Waals surface area contributed by atoms with Gasteiger partial charge in [-0.1, -0.05) is 20.8 Å². The first-order valence-corrected chi connectivity index (χ1v) is 11.3. The summed E-state index contributed by atoms with van der Waals surface area (Å²) in [5, 5.41) is 4.81. The standard InChI is InChI=1S/C18H27N3O2Si/c1-18(2,3)24(4,5)23-15-8-6-13(7-9-15)17-16(19)10-21(20-17)14-11-22-12-14/h6-10,14H,11-12,19H2,1-5H3. The van der Waals surface area contributed by atoms with Gasteiger partial charge in [0.25, 0.3) is 0 Å². The molecule has 1 saturated heterocycles. The van der Waals surface area contributed by atoms with Gasteiger partial charge in [-0.05, 0) is 42.4 Å². The van der Waals surface area contributed by atoms with Crippen molar-refractivity contribution in [1.29, 1.82) is 0 Å². The number of nitrogen functional groups attached to an aromatic ring is 1. The zero-order valence-corrected chi connectivity index (χ0v) is 16.2. The first kappa shape index (κ1) is 17.0. The molecule has 1 aliphatic heterocycles. The molecule has 0 atom stereocenters. The third kappa shape index (κ3) is 3.21. The van der Waals surface area contributed by atoms with Crippen molar-refractivity contribution in [2.24, 2.45) is 0 Å². The third-order valence-electron chi connectivity index (χ3n) is 5.06. The van der Waals surface area contributed by atoms with Gasteiger partial charge in [0.1, 0.15) is 11.4 Å². The van der Waals surface area contributed by atoms with Crippen LogP contribution in [0, 0.1) is 0 Å². The molecule has 2 heterocycles. The highest BCUT2D eigenvalue weighted by atomic mass is 28.4. The minimum Gasteiger partial charge on any atom is -0.544 e. The number of rotatable bonds is 4. The van der Waals surface area contributed by atoms with Gasteiger partial charge in [-0.25, -0.2) is 0 Å². The Kier molecular flexibility index (Phi) is 4.21. The van der Waals surface area contributed by atoms with Crippen molar-refractivity contribution >= 4 is 14.0 Å². The Morgan fingerprint density at radius 1 is 1.21 bits per heavy atom. The van der Waals surface area contributed by atoms with E-state index < -0.39 is 8.32 Å². The summed E-state index contributed by atoms with van der Waals surface area (Å²) in [7, 11) is -1.82. The largest absolute Gasteiger partial charge is 0.544 e. The molecule has 0 amide bonds. The molecule has 2 aromatic rings. The molecule has 1 aliphatic rings. The van der Waals surface area contributed by atoms with E-state index in [2.05, 4.69) is 39.0 Å². The zero-order chi connectivity index (χ0) is 17.5. The van der Waals surface area contributed by atoms with Gasteiger partial charge in [0.2, 0.25) is 8.32 Å². The molecule has 0 bridgehead atoms. The minimum absolute atomic E-state index is 0.180. The Labute approximate surface area is 144 Å². The average Bonchev–Trinajstić information content (AvgIpc) is 2.77. The molecular weight excluding hydrogens is 318 g/mol. The average molecular weight is 346 g/mol. The molecule has 0 radical (unpaired) electrons. The lowest BCUT2D eigenvalue weighted by Crippen LogP contribution is -2.43. The maximum Gasteiger partial charge on any atom is 0.250 e. The van der Waals surface area contributed by atoms with Gasteiger partial charge in [-0.15, -0.1) is 0 Å². The lowest BCUT2D eigenvalue weighted by molar-refractivity contribution is -0.0285. The fourth-order valence-electron chi connectivity index (χ4n) is 2.32. The molecule has 0 spiro atoms. The topological polar surface area (TPSA) is 62.3 Å². The predicted octanol–water partition coefficient (Wildman–Crippen LogP) is 4.09. The Morgan fingerprint density at radius 2 is 1.83 bits per heavy atom. The van der Waals surface area contributed by atoms with Crippen LogP contribution in [0.25, 0.3) is 11.3 Å². The molecule has 0 saturated carbocycles. The minimum atomic E-state index is -1.82. The van der Waals surface area contributed by atoms with Crippen LogP contribution in [0.1, 0.15) is 26.8 Å². The number of ether oxygens (including phenoxy) is 1. The molecule has 5 nitrogen and oxygen atoms in total. The fraction of sp³-hybridized carbons (Fsp3) is 0.500. The predicted molar refractivity (Wildman–Crippen MR) is 99.8 cm³/mol. The van der Waals surface area contributed by atoms with Crippen LogP contribution in [0.4, 0.5) is 5.69 Å². The van der Waals surface area contributed by atoms with E-state index in [4.69, 9.17) is 14.9 Å². The monoisotopic (exact) mass is 345 g/mol. The molecule has 2 N–H and O–H groups in total. The van der Waals surface area contributed by atoms with Gasteiger partial charge in [0.15, 0.2) is 0 Å². The van der Waals surface area contributed by atoms with E-state index >= 15 is 0 Å². The SMILES string of the molecule is CC(C)(C)[Si](C)(C)Oc1ccc(-c2nn(C3COC3)cc2N)cc1. The summed E-state index contributed by atoms with van der Waals surface area (Å²) in [6.45, 7) is 12.6. The molecule has 0 aliphatic carbocycles. The zero-order valence-electron chi connectivity index (χ0n) is 15.2. The number of aromatic nitrogens is 2. The molecular formula is C18H27N3O2Si. The Morgan fingerprint density at radius 3 is 2.33 bits per heavy atom. The number of nitrogens with zero attached hydrogens (tertiary/aromatic N) is 2. The van der Waals surface area contributed by atoms with E-state index in [1.807, 2.05) is 35.1 Å². The van der Waals surface area contributed by atoms with Gasteiger partial charge in [-0.3, -0.25) is 4.68 Å². The van der Waals surface area contributed by atoms with Crippen LogP contribution < -0.4 is 10.2 Å². The maximum atomic E-state index is 6.32. The van der Waals surface area contributed by atoms with Crippen molar-refractivity contribution in [3.63, 3.8) is 0 Å². The van der Waals surface area contributed by atoms with Crippen LogP contribution in [-0.2, 0) is 4.74 Å². The molecule has 130 valence electrons. The van der Waals surface area contributed by atoms with E-state index in [-0.39, 0.29) is 5.04 Å².